The molecule has 3 unspecified atom stereocenters. The topological polar surface area (TPSA) is 32.3 Å². The van der Waals surface area contributed by atoms with Gasteiger partial charge in [0.15, 0.2) is 0 Å². The van der Waals surface area contributed by atoms with Crippen LogP contribution in [-0.2, 0) is 0 Å². The molecule has 3 atom stereocenters. The molecular formula is C9H21NO. The van der Waals surface area contributed by atoms with Crippen molar-refractivity contribution in [2.75, 3.05) is 13.7 Å². The molecule has 0 spiro atoms. The van der Waals surface area contributed by atoms with Crippen LogP contribution in [0.4, 0.5) is 0 Å². The molecule has 0 saturated heterocycles. The molecule has 0 aromatic heterocycles. The van der Waals surface area contributed by atoms with Crippen molar-refractivity contribution < 1.29 is 5.11 Å². The minimum atomic E-state index is 0.250. The SMILES string of the molecule is CCC1C(C)C1NC.CCO. The van der Waals surface area contributed by atoms with E-state index in [4.69, 9.17) is 5.11 Å². The molecule has 0 aromatic carbocycles. The second kappa shape index (κ2) is 5.56. The largest absolute Gasteiger partial charge is 0.397 e. The van der Waals surface area contributed by atoms with E-state index < -0.39 is 0 Å². The molecule has 2 nitrogen and oxygen atoms in total. The minimum Gasteiger partial charge on any atom is -0.397 e. The van der Waals surface area contributed by atoms with Gasteiger partial charge in [-0.3, -0.25) is 0 Å². The van der Waals surface area contributed by atoms with Gasteiger partial charge in [-0.15, -0.1) is 0 Å². The van der Waals surface area contributed by atoms with Crippen LogP contribution in [0.1, 0.15) is 27.2 Å². The summed E-state index contributed by atoms with van der Waals surface area (Å²) in [6.07, 6.45) is 1.34. The average Bonchev–Trinajstić information content (AvgIpc) is 2.62. The van der Waals surface area contributed by atoms with Crippen LogP contribution in [0.3, 0.4) is 0 Å². The summed E-state index contributed by atoms with van der Waals surface area (Å²) in [5, 5.41) is 10.9. The van der Waals surface area contributed by atoms with Crippen molar-refractivity contribution in [3.05, 3.63) is 0 Å². The molecule has 1 aliphatic rings. The maximum Gasteiger partial charge on any atom is 0.0402 e. The number of rotatable bonds is 2. The monoisotopic (exact) mass is 159 g/mol. The molecular weight excluding hydrogens is 138 g/mol. The average molecular weight is 159 g/mol. The Morgan fingerprint density at radius 1 is 1.36 bits per heavy atom. The van der Waals surface area contributed by atoms with Crippen molar-refractivity contribution in [2.24, 2.45) is 11.8 Å². The highest BCUT2D eigenvalue weighted by Gasteiger charge is 2.43. The fraction of sp³-hybridized carbons (Fsp3) is 1.00. The number of aliphatic hydroxyl groups excluding tert-OH is 1. The Morgan fingerprint density at radius 2 is 1.82 bits per heavy atom. The van der Waals surface area contributed by atoms with Crippen molar-refractivity contribution in [3.8, 4) is 0 Å². The quantitative estimate of drug-likeness (QED) is 0.635. The molecule has 1 rings (SSSR count). The molecule has 1 aliphatic carbocycles. The Hall–Kier alpha value is -0.0800. The summed E-state index contributed by atoms with van der Waals surface area (Å²) in [7, 11) is 2.05. The van der Waals surface area contributed by atoms with Gasteiger partial charge in [0, 0.05) is 12.6 Å². The van der Waals surface area contributed by atoms with E-state index in [0.29, 0.717) is 0 Å². The molecule has 1 fully saturated rings. The molecule has 1 saturated carbocycles. The van der Waals surface area contributed by atoms with Crippen molar-refractivity contribution in [1.82, 2.24) is 5.32 Å². The van der Waals surface area contributed by atoms with E-state index in [1.807, 2.05) is 0 Å². The summed E-state index contributed by atoms with van der Waals surface area (Å²) in [4.78, 5) is 0. The van der Waals surface area contributed by atoms with Crippen LogP contribution in [0.15, 0.2) is 0 Å². The first kappa shape index (κ1) is 10.9. The highest BCUT2D eigenvalue weighted by Crippen LogP contribution is 2.40. The molecule has 0 aromatic rings. The van der Waals surface area contributed by atoms with Gasteiger partial charge < -0.3 is 10.4 Å². The number of aliphatic hydroxyl groups is 1. The lowest BCUT2D eigenvalue weighted by Crippen LogP contribution is -2.11. The van der Waals surface area contributed by atoms with E-state index in [2.05, 4.69) is 26.2 Å². The van der Waals surface area contributed by atoms with Crippen LogP contribution in [0.25, 0.3) is 0 Å². The van der Waals surface area contributed by atoms with Crippen LogP contribution < -0.4 is 5.32 Å². The lowest BCUT2D eigenvalue weighted by Gasteiger charge is -1.89. The first-order valence-corrected chi connectivity index (χ1v) is 4.50. The van der Waals surface area contributed by atoms with Crippen molar-refractivity contribution in [3.63, 3.8) is 0 Å². The van der Waals surface area contributed by atoms with Gasteiger partial charge in [-0.05, 0) is 25.8 Å². The van der Waals surface area contributed by atoms with Crippen molar-refractivity contribution in [1.29, 1.82) is 0 Å². The third-order valence-electron chi connectivity index (χ3n) is 2.37. The maximum absolute atomic E-state index is 7.57. The molecule has 0 radical (unpaired) electrons. The third kappa shape index (κ3) is 3.21. The van der Waals surface area contributed by atoms with Crippen molar-refractivity contribution in [2.45, 2.75) is 33.2 Å². The fourth-order valence-corrected chi connectivity index (χ4v) is 1.65. The Labute approximate surface area is 70.0 Å². The van der Waals surface area contributed by atoms with Gasteiger partial charge in [-0.2, -0.15) is 0 Å². The zero-order valence-electron chi connectivity index (χ0n) is 8.09. The molecule has 2 N–H and O–H groups in total. The van der Waals surface area contributed by atoms with Gasteiger partial charge in [0.25, 0.3) is 0 Å². The van der Waals surface area contributed by atoms with Crippen LogP contribution in [0, 0.1) is 11.8 Å². The van der Waals surface area contributed by atoms with Crippen LogP contribution in [0.2, 0.25) is 0 Å². The molecule has 0 bridgehead atoms. The predicted octanol–water partition coefficient (Wildman–Crippen LogP) is 1.25. The lowest BCUT2D eigenvalue weighted by atomic mass is 10.3. The Balaban J connectivity index is 0.000000292. The second-order valence-corrected chi connectivity index (χ2v) is 3.06. The zero-order valence-corrected chi connectivity index (χ0v) is 8.09. The number of hydrogen-bond donors (Lipinski definition) is 2. The van der Waals surface area contributed by atoms with Gasteiger partial charge in [0.2, 0.25) is 0 Å². The smallest absolute Gasteiger partial charge is 0.0402 e. The number of nitrogens with one attached hydrogen (secondary N) is 1. The molecule has 68 valence electrons. The summed E-state index contributed by atoms with van der Waals surface area (Å²) < 4.78 is 0. The Morgan fingerprint density at radius 3 is 1.91 bits per heavy atom. The predicted molar refractivity (Wildman–Crippen MR) is 48.6 cm³/mol. The first-order valence-electron chi connectivity index (χ1n) is 4.50. The Bertz CT molecular complexity index is 85.6. The van der Waals surface area contributed by atoms with Crippen LogP contribution in [-0.4, -0.2) is 24.8 Å². The molecule has 0 amide bonds. The second-order valence-electron chi connectivity index (χ2n) is 3.06. The first-order chi connectivity index (χ1) is 5.22. The minimum absolute atomic E-state index is 0.250. The third-order valence-corrected chi connectivity index (χ3v) is 2.37. The summed E-state index contributed by atoms with van der Waals surface area (Å²) in [6.45, 7) is 6.51. The van der Waals surface area contributed by atoms with E-state index in [1.54, 1.807) is 6.92 Å². The Kier molecular flexibility index (Phi) is 5.51. The summed E-state index contributed by atoms with van der Waals surface area (Å²) in [5.41, 5.74) is 0. The van der Waals surface area contributed by atoms with E-state index in [0.717, 1.165) is 17.9 Å². The summed E-state index contributed by atoms with van der Waals surface area (Å²) in [6, 6.07) is 0.833. The van der Waals surface area contributed by atoms with E-state index in [9.17, 15) is 0 Å². The molecule has 0 heterocycles. The van der Waals surface area contributed by atoms with Gasteiger partial charge in [-0.25, -0.2) is 0 Å². The molecule has 11 heavy (non-hydrogen) atoms. The maximum atomic E-state index is 7.57. The normalized spacial score (nSPS) is 34.1. The van der Waals surface area contributed by atoms with Crippen molar-refractivity contribution >= 4 is 0 Å². The van der Waals surface area contributed by atoms with Crippen LogP contribution >= 0.6 is 0 Å². The van der Waals surface area contributed by atoms with Gasteiger partial charge in [-0.1, -0.05) is 20.3 Å². The standard InChI is InChI=1S/C7H15N.C2H6O/c1-4-6-5(2)7(6)8-3;1-2-3/h5-8H,4H2,1-3H3;3H,2H2,1H3. The lowest BCUT2D eigenvalue weighted by molar-refractivity contribution is 0.318. The van der Waals surface area contributed by atoms with E-state index in [1.165, 1.54) is 6.42 Å². The van der Waals surface area contributed by atoms with Gasteiger partial charge in [0.1, 0.15) is 0 Å². The van der Waals surface area contributed by atoms with Crippen LogP contribution in [0.5, 0.6) is 0 Å². The van der Waals surface area contributed by atoms with E-state index in [-0.39, 0.29) is 6.61 Å². The fourth-order valence-electron chi connectivity index (χ4n) is 1.65. The van der Waals surface area contributed by atoms with Gasteiger partial charge in [0.05, 0.1) is 0 Å². The molecule has 0 aliphatic heterocycles. The van der Waals surface area contributed by atoms with Gasteiger partial charge >= 0.3 is 0 Å². The highest BCUT2D eigenvalue weighted by molar-refractivity contribution is 4.98. The number of hydrogen-bond acceptors (Lipinski definition) is 2. The summed E-state index contributed by atoms with van der Waals surface area (Å²) >= 11 is 0. The molecule has 2 heteroatoms. The zero-order chi connectivity index (χ0) is 8.85. The van der Waals surface area contributed by atoms with E-state index >= 15 is 0 Å². The summed E-state index contributed by atoms with van der Waals surface area (Å²) in [5.74, 6) is 1.91. The highest BCUT2D eigenvalue weighted by atomic mass is 16.2.